The molecule has 0 saturated heterocycles. The number of ether oxygens (including phenoxy) is 1. The Morgan fingerprint density at radius 1 is 1.00 bits per heavy atom. The molecule has 0 aromatic rings. The van der Waals surface area contributed by atoms with Gasteiger partial charge in [-0.05, 0) is 50.2 Å². The van der Waals surface area contributed by atoms with Gasteiger partial charge >= 0.3 is 0 Å². The standard InChI is InChI=1S/C15H34N2O/c1-14(13-15(2,3)4)7-10-16-8-6-9-17-11-12-18-5/h14,16-17H,6-13H2,1-5H3. The highest BCUT2D eigenvalue weighted by Crippen LogP contribution is 2.25. The molecule has 0 amide bonds. The van der Waals surface area contributed by atoms with Crippen molar-refractivity contribution < 1.29 is 4.74 Å². The van der Waals surface area contributed by atoms with Crippen LogP contribution in [0.2, 0.25) is 0 Å². The molecule has 0 heterocycles. The topological polar surface area (TPSA) is 33.3 Å². The van der Waals surface area contributed by atoms with Crippen molar-refractivity contribution in [3.05, 3.63) is 0 Å². The summed E-state index contributed by atoms with van der Waals surface area (Å²) in [5, 5.41) is 6.87. The van der Waals surface area contributed by atoms with E-state index in [4.69, 9.17) is 4.74 Å². The second-order valence-corrected chi connectivity index (χ2v) is 6.50. The van der Waals surface area contributed by atoms with Gasteiger partial charge in [-0.1, -0.05) is 27.7 Å². The fraction of sp³-hybridized carbons (Fsp3) is 1.00. The minimum Gasteiger partial charge on any atom is -0.383 e. The van der Waals surface area contributed by atoms with Crippen molar-refractivity contribution >= 4 is 0 Å². The summed E-state index contributed by atoms with van der Waals surface area (Å²) in [6.07, 6.45) is 3.79. The van der Waals surface area contributed by atoms with E-state index in [9.17, 15) is 0 Å². The predicted molar refractivity (Wildman–Crippen MR) is 80.1 cm³/mol. The summed E-state index contributed by atoms with van der Waals surface area (Å²) >= 11 is 0. The number of hydrogen-bond donors (Lipinski definition) is 2. The lowest BCUT2D eigenvalue weighted by Crippen LogP contribution is -2.25. The SMILES string of the molecule is COCCNCCCNCCC(C)CC(C)(C)C. The van der Waals surface area contributed by atoms with Crippen molar-refractivity contribution in [3.8, 4) is 0 Å². The Hall–Kier alpha value is -0.120. The zero-order chi connectivity index (χ0) is 13.9. The molecule has 18 heavy (non-hydrogen) atoms. The van der Waals surface area contributed by atoms with Crippen LogP contribution in [0.3, 0.4) is 0 Å². The zero-order valence-corrected chi connectivity index (χ0v) is 13.1. The predicted octanol–water partition coefficient (Wildman–Crippen LogP) is 2.66. The first-order valence-corrected chi connectivity index (χ1v) is 7.36. The van der Waals surface area contributed by atoms with E-state index < -0.39 is 0 Å². The fourth-order valence-corrected chi connectivity index (χ4v) is 2.26. The lowest BCUT2D eigenvalue weighted by molar-refractivity contribution is 0.199. The highest BCUT2D eigenvalue weighted by atomic mass is 16.5. The second-order valence-electron chi connectivity index (χ2n) is 6.50. The van der Waals surface area contributed by atoms with Gasteiger partial charge in [0, 0.05) is 13.7 Å². The molecule has 1 atom stereocenters. The van der Waals surface area contributed by atoms with Gasteiger partial charge in [-0.15, -0.1) is 0 Å². The minimum absolute atomic E-state index is 0.463. The molecule has 0 aliphatic carbocycles. The Bertz CT molecular complexity index is 178. The summed E-state index contributed by atoms with van der Waals surface area (Å²) in [6.45, 7) is 14.4. The first-order chi connectivity index (χ1) is 8.45. The zero-order valence-electron chi connectivity index (χ0n) is 13.1. The quantitative estimate of drug-likeness (QED) is 0.559. The molecule has 0 saturated carbocycles. The van der Waals surface area contributed by atoms with Gasteiger partial charge in [0.15, 0.2) is 0 Å². The maximum Gasteiger partial charge on any atom is 0.0587 e. The average Bonchev–Trinajstić information content (AvgIpc) is 2.24. The third-order valence-electron chi connectivity index (χ3n) is 2.96. The Morgan fingerprint density at radius 3 is 2.17 bits per heavy atom. The van der Waals surface area contributed by atoms with E-state index >= 15 is 0 Å². The first kappa shape index (κ1) is 17.9. The molecular weight excluding hydrogens is 224 g/mol. The van der Waals surface area contributed by atoms with E-state index in [0.717, 1.165) is 38.7 Å². The number of nitrogens with one attached hydrogen (secondary N) is 2. The van der Waals surface area contributed by atoms with Crippen molar-refractivity contribution in [2.45, 2.75) is 47.0 Å². The highest BCUT2D eigenvalue weighted by molar-refractivity contribution is 4.67. The molecule has 0 spiro atoms. The summed E-state index contributed by atoms with van der Waals surface area (Å²) in [5.41, 5.74) is 0.463. The van der Waals surface area contributed by atoms with Crippen LogP contribution in [0.15, 0.2) is 0 Å². The molecule has 0 aliphatic rings. The molecule has 2 N–H and O–H groups in total. The molecule has 110 valence electrons. The molecule has 0 aliphatic heterocycles. The van der Waals surface area contributed by atoms with Crippen LogP contribution in [0, 0.1) is 11.3 Å². The van der Waals surface area contributed by atoms with Crippen molar-refractivity contribution in [2.24, 2.45) is 11.3 Å². The normalized spacial score (nSPS) is 13.8. The molecule has 3 nitrogen and oxygen atoms in total. The third-order valence-corrected chi connectivity index (χ3v) is 2.96. The fourth-order valence-electron chi connectivity index (χ4n) is 2.26. The van der Waals surface area contributed by atoms with E-state index in [0.29, 0.717) is 5.41 Å². The maximum atomic E-state index is 4.97. The Balaban J connectivity index is 3.20. The third kappa shape index (κ3) is 13.9. The Kier molecular flexibility index (Phi) is 10.7. The summed E-state index contributed by atoms with van der Waals surface area (Å²) in [6, 6.07) is 0. The van der Waals surface area contributed by atoms with Gasteiger partial charge in [-0.25, -0.2) is 0 Å². The van der Waals surface area contributed by atoms with E-state index in [1.807, 2.05) is 0 Å². The van der Waals surface area contributed by atoms with Crippen molar-refractivity contribution in [1.82, 2.24) is 10.6 Å². The van der Waals surface area contributed by atoms with Crippen LogP contribution in [-0.4, -0.2) is 39.9 Å². The van der Waals surface area contributed by atoms with Crippen LogP contribution in [0.25, 0.3) is 0 Å². The average molecular weight is 258 g/mol. The van der Waals surface area contributed by atoms with Crippen LogP contribution < -0.4 is 10.6 Å². The van der Waals surface area contributed by atoms with Crippen molar-refractivity contribution in [1.29, 1.82) is 0 Å². The van der Waals surface area contributed by atoms with Gasteiger partial charge in [0.2, 0.25) is 0 Å². The van der Waals surface area contributed by atoms with Crippen molar-refractivity contribution in [2.75, 3.05) is 39.9 Å². The van der Waals surface area contributed by atoms with Crippen LogP contribution in [0.5, 0.6) is 0 Å². The molecular formula is C15H34N2O. The number of hydrogen-bond acceptors (Lipinski definition) is 3. The monoisotopic (exact) mass is 258 g/mol. The lowest BCUT2D eigenvalue weighted by Gasteiger charge is -2.23. The Morgan fingerprint density at radius 2 is 1.61 bits per heavy atom. The van der Waals surface area contributed by atoms with Gasteiger partial charge in [0.25, 0.3) is 0 Å². The molecule has 0 aromatic carbocycles. The second kappa shape index (κ2) is 10.8. The van der Waals surface area contributed by atoms with Gasteiger partial charge in [-0.2, -0.15) is 0 Å². The van der Waals surface area contributed by atoms with Gasteiger partial charge < -0.3 is 15.4 Å². The summed E-state index contributed by atoms with van der Waals surface area (Å²) < 4.78 is 4.97. The van der Waals surface area contributed by atoms with Gasteiger partial charge in [0.1, 0.15) is 0 Å². The van der Waals surface area contributed by atoms with Gasteiger partial charge in [-0.3, -0.25) is 0 Å². The summed E-state index contributed by atoms with van der Waals surface area (Å²) in [4.78, 5) is 0. The number of methoxy groups -OCH3 is 1. The molecule has 0 radical (unpaired) electrons. The molecule has 0 fully saturated rings. The van der Waals surface area contributed by atoms with Crippen LogP contribution in [-0.2, 0) is 4.74 Å². The molecule has 1 unspecified atom stereocenters. The Labute approximate surface area is 114 Å². The van der Waals surface area contributed by atoms with Crippen LogP contribution >= 0.6 is 0 Å². The van der Waals surface area contributed by atoms with Crippen LogP contribution in [0.1, 0.15) is 47.0 Å². The minimum atomic E-state index is 0.463. The summed E-state index contributed by atoms with van der Waals surface area (Å²) in [5.74, 6) is 0.817. The highest BCUT2D eigenvalue weighted by Gasteiger charge is 2.14. The van der Waals surface area contributed by atoms with Gasteiger partial charge in [0.05, 0.1) is 6.61 Å². The van der Waals surface area contributed by atoms with E-state index in [1.165, 1.54) is 19.3 Å². The first-order valence-electron chi connectivity index (χ1n) is 7.36. The summed E-state index contributed by atoms with van der Waals surface area (Å²) in [7, 11) is 1.74. The maximum absolute atomic E-state index is 4.97. The largest absolute Gasteiger partial charge is 0.383 e. The van der Waals surface area contributed by atoms with E-state index in [-0.39, 0.29) is 0 Å². The smallest absolute Gasteiger partial charge is 0.0587 e. The molecule has 0 aromatic heterocycles. The molecule has 0 bridgehead atoms. The number of rotatable bonds is 11. The molecule has 0 rings (SSSR count). The van der Waals surface area contributed by atoms with Crippen LogP contribution in [0.4, 0.5) is 0 Å². The van der Waals surface area contributed by atoms with E-state index in [2.05, 4.69) is 38.3 Å². The molecule has 3 heteroatoms. The van der Waals surface area contributed by atoms with E-state index in [1.54, 1.807) is 7.11 Å². The van der Waals surface area contributed by atoms with Crippen molar-refractivity contribution in [3.63, 3.8) is 0 Å². The lowest BCUT2D eigenvalue weighted by atomic mass is 9.84.